The SMILES string of the molecule is CC(C)(C)OC(=O)NC/C=C/CNC1CCc2c(Br)cccc21. The Balaban J connectivity index is 1.69. The van der Waals surface area contributed by atoms with Crippen LogP contribution >= 0.6 is 15.9 Å². The molecule has 0 spiro atoms. The van der Waals surface area contributed by atoms with Gasteiger partial charge in [0, 0.05) is 23.6 Å². The van der Waals surface area contributed by atoms with Gasteiger partial charge in [0.05, 0.1) is 0 Å². The average molecular weight is 381 g/mol. The van der Waals surface area contributed by atoms with Gasteiger partial charge in [-0.1, -0.05) is 40.2 Å². The number of carbonyl (C=O) groups is 1. The molecule has 1 aromatic carbocycles. The first kappa shape index (κ1) is 18.0. The molecule has 0 heterocycles. The van der Waals surface area contributed by atoms with Gasteiger partial charge in [0.2, 0.25) is 0 Å². The van der Waals surface area contributed by atoms with Crippen LogP contribution in [0.2, 0.25) is 0 Å². The van der Waals surface area contributed by atoms with Gasteiger partial charge in [0.25, 0.3) is 0 Å². The van der Waals surface area contributed by atoms with Gasteiger partial charge < -0.3 is 15.4 Å². The first-order valence-electron chi connectivity index (χ1n) is 7.99. The molecule has 126 valence electrons. The number of carbonyl (C=O) groups excluding carboxylic acids is 1. The number of ether oxygens (including phenoxy) is 1. The fourth-order valence-electron chi connectivity index (χ4n) is 2.66. The second-order valence-electron chi connectivity index (χ2n) is 6.66. The van der Waals surface area contributed by atoms with Crippen molar-refractivity contribution < 1.29 is 9.53 Å². The van der Waals surface area contributed by atoms with Crippen LogP contribution in [0.1, 0.15) is 44.4 Å². The summed E-state index contributed by atoms with van der Waals surface area (Å²) in [6.45, 7) is 6.81. The third-order valence-corrected chi connectivity index (χ3v) is 4.37. The summed E-state index contributed by atoms with van der Waals surface area (Å²) in [4.78, 5) is 11.5. The monoisotopic (exact) mass is 380 g/mol. The van der Waals surface area contributed by atoms with Gasteiger partial charge in [-0.15, -0.1) is 0 Å². The van der Waals surface area contributed by atoms with E-state index >= 15 is 0 Å². The fourth-order valence-corrected chi connectivity index (χ4v) is 3.23. The first-order chi connectivity index (χ1) is 10.9. The topological polar surface area (TPSA) is 50.4 Å². The lowest BCUT2D eigenvalue weighted by atomic mass is 10.1. The molecule has 2 N–H and O–H groups in total. The number of hydrogen-bond acceptors (Lipinski definition) is 3. The van der Waals surface area contributed by atoms with E-state index in [1.54, 1.807) is 0 Å². The molecule has 0 fully saturated rings. The van der Waals surface area contributed by atoms with E-state index < -0.39 is 5.60 Å². The number of nitrogens with one attached hydrogen (secondary N) is 2. The molecule has 0 aliphatic heterocycles. The van der Waals surface area contributed by atoms with E-state index in [1.165, 1.54) is 15.6 Å². The highest BCUT2D eigenvalue weighted by molar-refractivity contribution is 9.10. The van der Waals surface area contributed by atoms with E-state index in [9.17, 15) is 4.79 Å². The van der Waals surface area contributed by atoms with Crippen LogP contribution < -0.4 is 10.6 Å². The summed E-state index contributed by atoms with van der Waals surface area (Å²) >= 11 is 3.62. The van der Waals surface area contributed by atoms with E-state index in [0.29, 0.717) is 12.6 Å². The molecular weight excluding hydrogens is 356 g/mol. The second-order valence-corrected chi connectivity index (χ2v) is 7.52. The van der Waals surface area contributed by atoms with Crippen LogP contribution in [0.4, 0.5) is 4.79 Å². The van der Waals surface area contributed by atoms with Crippen LogP contribution in [0.25, 0.3) is 0 Å². The van der Waals surface area contributed by atoms with Crippen molar-refractivity contribution in [2.24, 2.45) is 0 Å². The van der Waals surface area contributed by atoms with Gasteiger partial charge in [0.1, 0.15) is 5.60 Å². The van der Waals surface area contributed by atoms with Crippen molar-refractivity contribution in [3.63, 3.8) is 0 Å². The summed E-state index contributed by atoms with van der Waals surface area (Å²) < 4.78 is 6.38. The van der Waals surface area contributed by atoms with Crippen molar-refractivity contribution in [2.45, 2.75) is 45.3 Å². The third-order valence-electron chi connectivity index (χ3n) is 3.63. The van der Waals surface area contributed by atoms with E-state index in [0.717, 1.165) is 19.4 Å². The Labute approximate surface area is 146 Å². The number of halogens is 1. The maximum absolute atomic E-state index is 11.5. The van der Waals surface area contributed by atoms with Crippen molar-refractivity contribution in [3.8, 4) is 0 Å². The van der Waals surface area contributed by atoms with E-state index in [2.05, 4.69) is 44.8 Å². The van der Waals surface area contributed by atoms with Crippen LogP contribution in [0.3, 0.4) is 0 Å². The number of rotatable bonds is 5. The molecule has 1 aliphatic rings. The van der Waals surface area contributed by atoms with E-state index in [1.807, 2.05) is 32.9 Å². The zero-order valence-electron chi connectivity index (χ0n) is 14.0. The zero-order chi connectivity index (χ0) is 16.9. The molecule has 1 unspecified atom stereocenters. The molecule has 1 aromatic rings. The summed E-state index contributed by atoms with van der Waals surface area (Å²) in [6.07, 6.45) is 5.83. The van der Waals surface area contributed by atoms with Crippen molar-refractivity contribution in [2.75, 3.05) is 13.1 Å². The van der Waals surface area contributed by atoms with Crippen LogP contribution in [-0.4, -0.2) is 24.8 Å². The molecule has 1 amide bonds. The Kier molecular flexibility index (Phi) is 6.25. The smallest absolute Gasteiger partial charge is 0.407 e. The largest absolute Gasteiger partial charge is 0.444 e. The molecule has 4 nitrogen and oxygen atoms in total. The number of alkyl carbamates (subject to hydrolysis) is 1. The predicted octanol–water partition coefficient (Wildman–Crippen LogP) is 4.11. The lowest BCUT2D eigenvalue weighted by Gasteiger charge is -2.19. The lowest BCUT2D eigenvalue weighted by Crippen LogP contribution is -2.32. The zero-order valence-corrected chi connectivity index (χ0v) is 15.6. The Morgan fingerprint density at radius 1 is 1.35 bits per heavy atom. The van der Waals surface area contributed by atoms with Crippen molar-refractivity contribution in [3.05, 3.63) is 46.0 Å². The first-order valence-corrected chi connectivity index (χ1v) is 8.78. The highest BCUT2D eigenvalue weighted by Gasteiger charge is 2.22. The van der Waals surface area contributed by atoms with Gasteiger partial charge in [0.15, 0.2) is 0 Å². The van der Waals surface area contributed by atoms with Gasteiger partial charge in [-0.3, -0.25) is 0 Å². The molecule has 1 atom stereocenters. The van der Waals surface area contributed by atoms with Crippen LogP contribution in [-0.2, 0) is 11.2 Å². The number of fused-ring (bicyclic) bond motifs is 1. The summed E-state index contributed by atoms with van der Waals surface area (Å²) in [5.74, 6) is 0. The fraction of sp³-hybridized carbons (Fsp3) is 0.500. The molecule has 0 saturated heterocycles. The quantitative estimate of drug-likeness (QED) is 0.755. The molecule has 0 bridgehead atoms. The minimum absolute atomic E-state index is 0.385. The minimum atomic E-state index is -0.459. The van der Waals surface area contributed by atoms with Gasteiger partial charge >= 0.3 is 6.09 Å². The summed E-state index contributed by atoms with van der Waals surface area (Å²) in [6, 6.07) is 6.79. The highest BCUT2D eigenvalue weighted by Crippen LogP contribution is 2.35. The number of hydrogen-bond donors (Lipinski definition) is 2. The minimum Gasteiger partial charge on any atom is -0.444 e. The summed E-state index contributed by atoms with van der Waals surface area (Å²) in [5, 5.41) is 6.25. The van der Waals surface area contributed by atoms with E-state index in [4.69, 9.17) is 4.74 Å². The molecule has 0 aromatic heterocycles. The third kappa shape index (κ3) is 5.66. The Morgan fingerprint density at radius 3 is 2.83 bits per heavy atom. The molecule has 2 rings (SSSR count). The molecular formula is C18H25BrN2O2. The lowest BCUT2D eigenvalue weighted by molar-refractivity contribution is 0.0534. The molecule has 1 aliphatic carbocycles. The van der Waals surface area contributed by atoms with Crippen molar-refractivity contribution in [1.82, 2.24) is 10.6 Å². The van der Waals surface area contributed by atoms with Gasteiger partial charge in [-0.05, 0) is 50.8 Å². The Bertz CT molecular complexity index is 579. The molecule has 0 radical (unpaired) electrons. The van der Waals surface area contributed by atoms with Gasteiger partial charge in [-0.2, -0.15) is 0 Å². The summed E-state index contributed by atoms with van der Waals surface area (Å²) in [7, 11) is 0. The van der Waals surface area contributed by atoms with E-state index in [-0.39, 0.29) is 6.09 Å². The molecule has 5 heteroatoms. The van der Waals surface area contributed by atoms with Gasteiger partial charge in [-0.25, -0.2) is 4.79 Å². The van der Waals surface area contributed by atoms with Crippen LogP contribution in [0, 0.1) is 0 Å². The number of amides is 1. The van der Waals surface area contributed by atoms with Crippen molar-refractivity contribution in [1.29, 1.82) is 0 Å². The maximum atomic E-state index is 11.5. The normalized spacial score (nSPS) is 17.3. The van der Waals surface area contributed by atoms with Crippen LogP contribution in [0.15, 0.2) is 34.8 Å². The maximum Gasteiger partial charge on any atom is 0.407 e. The molecule has 0 saturated carbocycles. The molecule has 23 heavy (non-hydrogen) atoms. The van der Waals surface area contributed by atoms with Crippen LogP contribution in [0.5, 0.6) is 0 Å². The highest BCUT2D eigenvalue weighted by atomic mass is 79.9. The Hall–Kier alpha value is -1.33. The van der Waals surface area contributed by atoms with Crippen molar-refractivity contribution >= 4 is 22.0 Å². The Morgan fingerprint density at radius 2 is 2.09 bits per heavy atom. The second kappa shape index (κ2) is 7.97. The summed E-state index contributed by atoms with van der Waals surface area (Å²) in [5.41, 5.74) is 2.35. The number of benzene rings is 1. The standard InChI is InChI=1S/C18H25BrN2O2/c1-18(2,3)23-17(22)21-12-5-4-11-20-16-10-9-13-14(16)7-6-8-15(13)19/h4-8,16,20H,9-12H2,1-3H3,(H,21,22)/b5-4+. The average Bonchev–Trinajstić information content (AvgIpc) is 2.85. The predicted molar refractivity (Wildman–Crippen MR) is 96.6 cm³/mol.